The number of nitrogens with zero attached hydrogens (tertiary/aromatic N) is 1. The molecule has 22 heavy (non-hydrogen) atoms. The molecule has 4 N–H and O–H groups in total. The topological polar surface area (TPSA) is 151 Å². The molecule has 0 unspecified atom stereocenters. The molecule has 0 saturated carbocycles. The van der Waals surface area contributed by atoms with E-state index in [2.05, 4.69) is 9.26 Å². The van der Waals surface area contributed by atoms with Crippen LogP contribution in [0.4, 0.5) is 8.78 Å². The summed E-state index contributed by atoms with van der Waals surface area (Å²) in [4.78, 5) is 41.1. The number of alkyl halides is 1. The SMILES string of the molecule is [2H][C@@]1(n2cc(F)c(=O)[nH]c2=O)O[C@](F)(COP(=O)(O)O)C[C@H]1O. The molecule has 2 rings (SSSR count). The zero-order valence-electron chi connectivity index (χ0n) is 11.6. The molecule has 10 nitrogen and oxygen atoms in total. The minimum Gasteiger partial charge on any atom is -0.388 e. The molecule has 0 bridgehead atoms. The van der Waals surface area contributed by atoms with Crippen molar-refractivity contribution >= 4 is 7.82 Å². The van der Waals surface area contributed by atoms with Gasteiger partial charge < -0.3 is 19.6 Å². The Morgan fingerprint density at radius 1 is 1.64 bits per heavy atom. The monoisotopic (exact) mass is 345 g/mol. The van der Waals surface area contributed by atoms with Crippen LogP contribution in [0.15, 0.2) is 15.8 Å². The van der Waals surface area contributed by atoms with Crippen LogP contribution in [0.1, 0.15) is 14.0 Å². The fraction of sp³-hybridized carbons (Fsp3) is 0.556. The van der Waals surface area contributed by atoms with Crippen LogP contribution in [0.2, 0.25) is 0 Å². The minimum atomic E-state index is -5.06. The predicted octanol–water partition coefficient (Wildman–Crippen LogP) is -1.27. The van der Waals surface area contributed by atoms with Crippen molar-refractivity contribution in [1.82, 2.24) is 9.55 Å². The number of phosphoric ester groups is 1. The van der Waals surface area contributed by atoms with Crippen LogP contribution >= 0.6 is 7.82 Å². The van der Waals surface area contributed by atoms with Crippen LogP contribution in [0.25, 0.3) is 0 Å². The number of hydrogen-bond acceptors (Lipinski definition) is 6. The molecule has 3 atom stereocenters. The maximum absolute atomic E-state index is 14.3. The molecule has 0 radical (unpaired) electrons. The molecule has 124 valence electrons. The molecule has 0 aliphatic carbocycles. The molecule has 0 aromatic carbocycles. The average molecular weight is 345 g/mol. The van der Waals surface area contributed by atoms with Gasteiger partial charge >= 0.3 is 13.5 Å². The highest BCUT2D eigenvalue weighted by atomic mass is 31.2. The summed E-state index contributed by atoms with van der Waals surface area (Å²) >= 11 is 0. The van der Waals surface area contributed by atoms with E-state index in [1.165, 1.54) is 4.98 Å². The average Bonchev–Trinajstić information content (AvgIpc) is 2.63. The highest BCUT2D eigenvalue weighted by Crippen LogP contribution is 2.42. The van der Waals surface area contributed by atoms with E-state index in [-0.39, 0.29) is 10.8 Å². The van der Waals surface area contributed by atoms with Gasteiger partial charge in [0.2, 0.25) is 11.7 Å². The fourth-order valence-corrected chi connectivity index (χ4v) is 2.12. The number of aliphatic hydroxyl groups is 1. The Kier molecular flexibility index (Phi) is 3.97. The van der Waals surface area contributed by atoms with Gasteiger partial charge in [0.1, 0.15) is 12.7 Å². The van der Waals surface area contributed by atoms with Gasteiger partial charge in [0.05, 0.1) is 7.57 Å². The summed E-state index contributed by atoms with van der Waals surface area (Å²) in [5.41, 5.74) is -2.75. The van der Waals surface area contributed by atoms with Gasteiger partial charge in [0.25, 0.3) is 5.56 Å². The number of phosphoric acid groups is 1. The maximum Gasteiger partial charge on any atom is 0.469 e. The lowest BCUT2D eigenvalue weighted by Crippen LogP contribution is -2.37. The molecule has 1 aromatic rings. The molecule has 1 aliphatic rings. The Balaban J connectivity index is 2.36. The van der Waals surface area contributed by atoms with Gasteiger partial charge in [-0.25, -0.2) is 13.8 Å². The van der Waals surface area contributed by atoms with Crippen molar-refractivity contribution in [3.8, 4) is 0 Å². The minimum absolute atomic E-state index is 0.104. The summed E-state index contributed by atoms with van der Waals surface area (Å²) in [6, 6.07) is 0. The lowest BCUT2D eigenvalue weighted by molar-refractivity contribution is -0.178. The summed E-state index contributed by atoms with van der Waals surface area (Å²) < 4.78 is 54.6. The molecular formula is C9H11F2N2O8P. The van der Waals surface area contributed by atoms with Gasteiger partial charge in [-0.15, -0.1) is 0 Å². The first-order valence-electron chi connectivity index (χ1n) is 6.15. The van der Waals surface area contributed by atoms with Crippen LogP contribution in [0.3, 0.4) is 0 Å². The zero-order chi connectivity index (χ0) is 17.6. The van der Waals surface area contributed by atoms with Crippen molar-refractivity contribution in [2.24, 2.45) is 0 Å². The standard InChI is InChI=1S/C9H11F2N2O8P/c10-4-2-13(8(16)12-6(4)15)7-5(14)1-9(11,21-7)3-20-22(17,18)19/h2,5,7,14H,1,3H2,(H,12,15,16)(H2,17,18,19)/t5-,7-,9+/m1/s1/i7D. The van der Waals surface area contributed by atoms with Crippen molar-refractivity contribution in [2.45, 2.75) is 24.6 Å². The van der Waals surface area contributed by atoms with Gasteiger partial charge in [-0.3, -0.25) is 18.9 Å². The molecule has 0 spiro atoms. The van der Waals surface area contributed by atoms with Gasteiger partial charge in [0, 0.05) is 6.42 Å². The zero-order valence-corrected chi connectivity index (χ0v) is 11.5. The molecule has 1 aromatic heterocycles. The number of ether oxygens (including phenoxy) is 1. The summed E-state index contributed by atoms with van der Waals surface area (Å²) in [5.74, 6) is -4.52. The third-order valence-corrected chi connectivity index (χ3v) is 3.12. The van der Waals surface area contributed by atoms with Crippen molar-refractivity contribution in [2.75, 3.05) is 6.61 Å². The van der Waals surface area contributed by atoms with E-state index in [4.69, 9.17) is 11.2 Å². The summed E-state index contributed by atoms with van der Waals surface area (Å²) in [5, 5.41) is 9.78. The Bertz CT molecular complexity index is 780. The highest BCUT2D eigenvalue weighted by Gasteiger charge is 2.49. The Labute approximate surface area is 121 Å². The first-order valence-corrected chi connectivity index (χ1v) is 7.18. The molecule has 2 heterocycles. The largest absolute Gasteiger partial charge is 0.469 e. The molecule has 13 heteroatoms. The van der Waals surface area contributed by atoms with E-state index in [1.807, 2.05) is 0 Å². The normalized spacial score (nSPS) is 33.0. The second-order valence-electron chi connectivity index (χ2n) is 4.41. The number of rotatable bonds is 4. The molecule has 1 fully saturated rings. The first-order chi connectivity index (χ1) is 10.4. The maximum atomic E-state index is 14.3. The van der Waals surface area contributed by atoms with Crippen LogP contribution in [-0.4, -0.2) is 43.0 Å². The highest BCUT2D eigenvalue weighted by molar-refractivity contribution is 7.46. The van der Waals surface area contributed by atoms with Crippen LogP contribution in [0, 0.1) is 5.82 Å². The van der Waals surface area contributed by atoms with Gasteiger partial charge in [-0.05, 0) is 0 Å². The van der Waals surface area contributed by atoms with Crippen molar-refractivity contribution in [1.29, 1.82) is 0 Å². The molecule has 1 aliphatic heterocycles. The predicted molar refractivity (Wildman–Crippen MR) is 63.9 cm³/mol. The summed E-state index contributed by atoms with van der Waals surface area (Å²) in [7, 11) is -5.06. The second kappa shape index (κ2) is 5.65. The number of aromatic nitrogens is 2. The van der Waals surface area contributed by atoms with Crippen molar-refractivity contribution in [3.05, 3.63) is 32.9 Å². The van der Waals surface area contributed by atoms with Crippen molar-refractivity contribution < 1.29 is 38.9 Å². The van der Waals surface area contributed by atoms with E-state index in [1.54, 1.807) is 0 Å². The van der Waals surface area contributed by atoms with Crippen molar-refractivity contribution in [3.63, 3.8) is 0 Å². The number of aliphatic hydroxyl groups excluding tert-OH is 1. The Hall–Kier alpha value is -1.43. The van der Waals surface area contributed by atoms with E-state index in [0.717, 1.165) is 0 Å². The summed E-state index contributed by atoms with van der Waals surface area (Å²) in [6.45, 7) is -1.35. The summed E-state index contributed by atoms with van der Waals surface area (Å²) in [6.07, 6.45) is -5.66. The molecular weight excluding hydrogens is 333 g/mol. The lowest BCUT2D eigenvalue weighted by Gasteiger charge is -2.21. The van der Waals surface area contributed by atoms with Crippen LogP contribution in [-0.2, 0) is 13.8 Å². The lowest BCUT2D eigenvalue weighted by atomic mass is 10.2. The number of H-pyrrole nitrogens is 1. The van der Waals surface area contributed by atoms with Crippen LogP contribution < -0.4 is 11.2 Å². The number of hydrogen-bond donors (Lipinski definition) is 4. The number of nitrogens with one attached hydrogen (secondary N) is 1. The Morgan fingerprint density at radius 3 is 2.86 bits per heavy atom. The first kappa shape index (κ1) is 15.5. The number of aromatic amines is 1. The van der Waals surface area contributed by atoms with Gasteiger partial charge in [-0.2, -0.15) is 4.39 Å². The third kappa shape index (κ3) is 3.66. The van der Waals surface area contributed by atoms with Gasteiger partial charge in [0.15, 0.2) is 6.20 Å². The second-order valence-corrected chi connectivity index (χ2v) is 5.65. The van der Waals surface area contributed by atoms with Crippen LogP contribution in [0.5, 0.6) is 0 Å². The van der Waals surface area contributed by atoms with E-state index in [9.17, 15) is 28.0 Å². The Morgan fingerprint density at radius 2 is 2.27 bits per heavy atom. The smallest absolute Gasteiger partial charge is 0.388 e. The van der Waals surface area contributed by atoms with E-state index in [0.29, 0.717) is 0 Å². The van der Waals surface area contributed by atoms with E-state index < -0.39 is 56.1 Å². The van der Waals surface area contributed by atoms with E-state index >= 15 is 0 Å². The van der Waals surface area contributed by atoms with Gasteiger partial charge in [-0.1, -0.05) is 0 Å². The molecule has 1 saturated heterocycles. The third-order valence-electron chi connectivity index (χ3n) is 2.66. The quantitative estimate of drug-likeness (QED) is 0.493. The molecule has 0 amide bonds. The fourth-order valence-electron chi connectivity index (χ4n) is 1.76. The number of halogens is 2.